The summed E-state index contributed by atoms with van der Waals surface area (Å²) in [6.45, 7) is 48.5. The first kappa shape index (κ1) is 96.0. The zero-order valence-electron chi connectivity index (χ0n) is 70.8. The summed E-state index contributed by atoms with van der Waals surface area (Å²) in [6.07, 6.45) is 91.8. The van der Waals surface area contributed by atoms with Crippen LogP contribution in [0.15, 0.2) is 221 Å². The van der Waals surface area contributed by atoms with Gasteiger partial charge < -0.3 is 5.11 Å². The van der Waals surface area contributed by atoms with E-state index in [0.29, 0.717) is 12.5 Å². The molecule has 0 amide bonds. The van der Waals surface area contributed by atoms with Crippen molar-refractivity contribution < 1.29 is 5.11 Å². The summed E-state index contributed by atoms with van der Waals surface area (Å²) in [7, 11) is 0. The van der Waals surface area contributed by atoms with Gasteiger partial charge in [0.2, 0.25) is 0 Å². The van der Waals surface area contributed by atoms with Crippen molar-refractivity contribution in [1.82, 2.24) is 0 Å². The van der Waals surface area contributed by atoms with Crippen LogP contribution in [-0.4, -0.2) is 11.7 Å². The number of aliphatic hydroxyl groups is 1. The first-order chi connectivity index (χ1) is 48.3. The predicted octanol–water partition coefficient (Wildman–Crippen LogP) is 33.8. The monoisotopic (exact) mass is 1380 g/mol. The summed E-state index contributed by atoms with van der Waals surface area (Å²) in [5, 5.41) is 9.12. The zero-order valence-corrected chi connectivity index (χ0v) is 70.8. The molecule has 0 saturated heterocycles. The molecule has 0 aliphatic heterocycles. The van der Waals surface area contributed by atoms with Crippen molar-refractivity contribution in [3.63, 3.8) is 0 Å². The molecule has 0 radical (unpaired) electrons. The molecule has 0 saturated carbocycles. The highest BCUT2D eigenvalue weighted by Gasteiger charge is 2.04. The molecule has 101 heavy (non-hydrogen) atoms. The Morgan fingerprint density at radius 3 is 0.386 bits per heavy atom. The zero-order chi connectivity index (χ0) is 75.3. The van der Waals surface area contributed by atoms with Gasteiger partial charge in [-0.2, -0.15) is 0 Å². The van der Waals surface area contributed by atoms with E-state index in [4.69, 9.17) is 5.11 Å². The molecule has 0 fully saturated rings. The smallest absolute Gasteiger partial charge is 0.0433 e. The fourth-order valence-corrected chi connectivity index (χ4v) is 12.7. The van der Waals surface area contributed by atoms with Gasteiger partial charge in [0.15, 0.2) is 0 Å². The molecule has 0 rings (SSSR count). The van der Waals surface area contributed by atoms with Gasteiger partial charge in [0.05, 0.1) is 0 Å². The van der Waals surface area contributed by atoms with Crippen LogP contribution in [0.2, 0.25) is 0 Å². The number of aliphatic hydroxyl groups excluding tert-OH is 1. The van der Waals surface area contributed by atoms with Crippen molar-refractivity contribution in [2.75, 3.05) is 6.61 Å². The molecule has 1 nitrogen and oxygen atoms in total. The van der Waals surface area contributed by atoms with Crippen molar-refractivity contribution in [3.8, 4) is 0 Å². The van der Waals surface area contributed by atoms with Crippen LogP contribution in [0.25, 0.3) is 0 Å². The third kappa shape index (κ3) is 65.5. The molecule has 0 aromatic carbocycles. The molecule has 570 valence electrons. The molecule has 1 atom stereocenters. The number of rotatable bonds is 59. The van der Waals surface area contributed by atoms with Gasteiger partial charge in [-0.1, -0.05) is 228 Å². The first-order valence-corrected chi connectivity index (χ1v) is 41.3. The lowest BCUT2D eigenvalue weighted by Crippen LogP contribution is -1.97. The fraction of sp³-hybridized carbons (Fsp3) is 0.620. The van der Waals surface area contributed by atoms with E-state index in [9.17, 15) is 0 Å². The van der Waals surface area contributed by atoms with Crippen LogP contribution in [-0.2, 0) is 0 Å². The molecule has 0 unspecified atom stereocenters. The average Bonchev–Trinajstić information content (AvgIpc) is 3.74. The van der Waals surface area contributed by atoms with E-state index < -0.39 is 0 Å². The summed E-state index contributed by atoms with van der Waals surface area (Å²) in [5.74, 6) is 0.611. The molecule has 0 heterocycles. The highest BCUT2D eigenvalue weighted by atomic mass is 16.3. The maximum absolute atomic E-state index is 9.12. The van der Waals surface area contributed by atoms with Gasteiger partial charge in [-0.3, -0.25) is 0 Å². The van der Waals surface area contributed by atoms with E-state index in [1.807, 2.05) is 0 Å². The third-order valence-electron chi connectivity index (χ3n) is 20.4. The largest absolute Gasteiger partial charge is 0.396 e. The number of hydrogen-bond acceptors (Lipinski definition) is 1. The minimum absolute atomic E-state index is 0.308. The SMILES string of the molecule is CC(C)=CCC/C(C)=C/CC/C(C)=C/CC/C(C)=C\CC/C(C)=C\CC/C(C)=C\CC/C(C)=C\CC/C(C)=C\CC/C(C)=C\CC/C(C)=C\CC/C(C)=C\CC/C(C)=C\CC/C(C)=C\CC/C(C)=C\CC/C(C)=C\CC/C(C)=C\CC/C(C)=C\CC/C(C)=C\CC/C(C)=C\CC[C@H](C)CCO. The maximum Gasteiger partial charge on any atom is 0.0433 e. The third-order valence-corrected chi connectivity index (χ3v) is 20.4. The summed E-state index contributed by atoms with van der Waals surface area (Å²) >= 11 is 0. The molecule has 0 bridgehead atoms. The number of hydrogen-bond donors (Lipinski definition) is 1. The second-order valence-electron chi connectivity index (χ2n) is 32.1. The van der Waals surface area contributed by atoms with E-state index >= 15 is 0 Å². The van der Waals surface area contributed by atoms with E-state index in [1.165, 1.54) is 228 Å². The minimum Gasteiger partial charge on any atom is -0.396 e. The Hall–Kier alpha value is -4.98. The normalized spacial score (nSPS) is 15.5. The van der Waals surface area contributed by atoms with Gasteiger partial charge in [0.1, 0.15) is 0 Å². The summed E-state index contributed by atoms with van der Waals surface area (Å²) < 4.78 is 0. The van der Waals surface area contributed by atoms with Crippen LogP contribution in [0.1, 0.15) is 396 Å². The predicted molar refractivity (Wildman–Crippen MR) is 463 cm³/mol. The van der Waals surface area contributed by atoms with Gasteiger partial charge in [-0.05, 0) is 395 Å². The Morgan fingerprint density at radius 2 is 0.277 bits per heavy atom. The molecule has 0 aromatic rings. The van der Waals surface area contributed by atoms with E-state index in [-0.39, 0.29) is 0 Å². The van der Waals surface area contributed by atoms with Crippen LogP contribution in [0.5, 0.6) is 0 Å². The van der Waals surface area contributed by atoms with Gasteiger partial charge in [-0.25, -0.2) is 0 Å². The molecule has 1 heteroatoms. The Balaban J connectivity index is 4.35. The van der Waals surface area contributed by atoms with E-state index in [2.05, 4.69) is 261 Å². The molecular formula is C100H164O. The lowest BCUT2D eigenvalue weighted by atomic mass is 10.0. The lowest BCUT2D eigenvalue weighted by Gasteiger charge is -2.07. The average molecular weight is 1380 g/mol. The highest BCUT2D eigenvalue weighted by Crippen LogP contribution is 2.23. The number of allylic oxidation sites excluding steroid dienone is 38. The lowest BCUT2D eigenvalue weighted by molar-refractivity contribution is 0.259. The maximum atomic E-state index is 9.12. The summed E-state index contributed by atoms with van der Waals surface area (Å²) in [5.41, 5.74) is 28.9. The van der Waals surface area contributed by atoms with Crippen molar-refractivity contribution >= 4 is 0 Å². The highest BCUT2D eigenvalue weighted by molar-refractivity contribution is 5.15. The Labute approximate surface area is 631 Å². The minimum atomic E-state index is 0.308. The summed E-state index contributed by atoms with van der Waals surface area (Å²) in [6, 6.07) is 0. The standard InChI is InChI=1S/C100H164O/c1-81(2)41-22-42-82(3)43-23-44-83(4)45-24-46-84(5)47-25-48-85(6)49-26-50-86(7)51-27-52-87(8)53-28-54-88(9)55-29-56-89(10)57-30-58-90(11)59-31-60-91(12)61-32-62-92(13)63-33-64-93(14)65-34-66-94(15)67-35-68-95(16)69-36-70-96(17)71-37-72-97(18)73-38-74-98(19)75-39-76-99(20)77-40-78-100(21)79-80-101/h41,43,45,47,49,51,53,55,57,59,61,63,65,67,69,71,73,75,77,100-101H,22-40,42,44,46,48,50,52,54,56,58,60,62,64,66,68,70,72,74,76,78-80H2,1-21H3/b82-43+,83-45+,84-47-,85-49-,86-51-,87-53-,88-55-,89-57-,90-59-,91-61-,92-63-,93-65-,94-67-,95-69-,96-71-,97-73-,98-75-,99-77-/t100-/m0/s1. The van der Waals surface area contributed by atoms with E-state index in [0.717, 1.165) is 128 Å². The Morgan fingerprint density at radius 1 is 0.168 bits per heavy atom. The topological polar surface area (TPSA) is 20.2 Å². The van der Waals surface area contributed by atoms with Gasteiger partial charge in [0, 0.05) is 6.61 Å². The van der Waals surface area contributed by atoms with Gasteiger partial charge >= 0.3 is 0 Å². The van der Waals surface area contributed by atoms with E-state index in [1.54, 1.807) is 0 Å². The second kappa shape index (κ2) is 64.6. The molecule has 1 N–H and O–H groups in total. The van der Waals surface area contributed by atoms with Crippen molar-refractivity contribution in [2.45, 2.75) is 396 Å². The molecule has 0 spiro atoms. The molecule has 0 aliphatic rings. The Kier molecular flexibility index (Phi) is 61.4. The van der Waals surface area contributed by atoms with Crippen molar-refractivity contribution in [2.24, 2.45) is 5.92 Å². The fourth-order valence-electron chi connectivity index (χ4n) is 12.7. The van der Waals surface area contributed by atoms with Crippen molar-refractivity contribution in [1.29, 1.82) is 0 Å². The summed E-state index contributed by atoms with van der Waals surface area (Å²) in [4.78, 5) is 0. The van der Waals surface area contributed by atoms with Crippen LogP contribution in [0, 0.1) is 5.92 Å². The first-order valence-electron chi connectivity index (χ1n) is 41.3. The van der Waals surface area contributed by atoms with Gasteiger partial charge in [-0.15, -0.1) is 0 Å². The van der Waals surface area contributed by atoms with Crippen LogP contribution in [0.3, 0.4) is 0 Å². The quantitative estimate of drug-likeness (QED) is 0.0602. The molecule has 0 aliphatic carbocycles. The van der Waals surface area contributed by atoms with Crippen LogP contribution in [0.4, 0.5) is 0 Å². The van der Waals surface area contributed by atoms with Crippen LogP contribution < -0.4 is 0 Å². The van der Waals surface area contributed by atoms with Crippen LogP contribution >= 0.6 is 0 Å². The molecular weight excluding hydrogens is 1220 g/mol. The second-order valence-corrected chi connectivity index (χ2v) is 32.1. The van der Waals surface area contributed by atoms with Gasteiger partial charge in [0.25, 0.3) is 0 Å². The molecule has 0 aromatic heterocycles. The van der Waals surface area contributed by atoms with Crippen molar-refractivity contribution in [3.05, 3.63) is 221 Å². The Bertz CT molecular complexity index is 2860.